The summed E-state index contributed by atoms with van der Waals surface area (Å²) < 4.78 is 19.6. The molecular weight excluding hydrogens is 313 g/mol. The topological polar surface area (TPSA) is 106 Å². The molecule has 3 aromatic heterocycles. The number of ether oxygens (including phenoxy) is 1. The fraction of sp³-hybridized carbons (Fsp3) is 0.333. The van der Waals surface area contributed by atoms with E-state index in [1.54, 1.807) is 12.3 Å². The number of hydrogen-bond donors (Lipinski definition) is 2. The van der Waals surface area contributed by atoms with Gasteiger partial charge in [-0.15, -0.1) is 0 Å². The molecule has 1 aliphatic rings. The van der Waals surface area contributed by atoms with Gasteiger partial charge >= 0.3 is 0 Å². The number of aromatic nitrogens is 5. The molecule has 3 aromatic rings. The molecule has 24 heavy (non-hydrogen) atoms. The average molecular weight is 329 g/mol. The third kappa shape index (κ3) is 2.79. The number of rotatable bonds is 3. The Balaban J connectivity index is 1.54. The summed E-state index contributed by atoms with van der Waals surface area (Å²) in [6, 6.07) is 2.99. The number of halogens is 1. The lowest BCUT2D eigenvalue weighted by Gasteiger charge is -2.31. The van der Waals surface area contributed by atoms with Crippen LogP contribution in [0.1, 0.15) is 17.6 Å². The van der Waals surface area contributed by atoms with Gasteiger partial charge in [0, 0.05) is 25.8 Å². The molecule has 3 N–H and O–H groups in total. The van der Waals surface area contributed by atoms with E-state index in [1.165, 1.54) is 12.4 Å². The number of H-pyrrole nitrogens is 1. The molecule has 0 spiro atoms. The summed E-state index contributed by atoms with van der Waals surface area (Å²) in [5.74, 6) is 0.515. The van der Waals surface area contributed by atoms with Crippen molar-refractivity contribution in [1.82, 2.24) is 29.8 Å². The van der Waals surface area contributed by atoms with E-state index in [-0.39, 0.29) is 11.9 Å². The number of nitrogens with two attached hydrogens (primary N) is 1. The molecule has 1 fully saturated rings. The number of imidazole rings is 1. The first-order valence-electron chi connectivity index (χ1n) is 7.60. The zero-order chi connectivity index (χ0) is 16.5. The van der Waals surface area contributed by atoms with E-state index in [2.05, 4.69) is 29.8 Å². The number of nitrogen functional groups attached to an aromatic ring is 1. The SMILES string of the molecule is Nc1nc(C2CN(Cc3ncccc3F)CCO2)nc2nc[nH]c12. The number of nitrogens with one attached hydrogen (secondary N) is 1. The summed E-state index contributed by atoms with van der Waals surface area (Å²) in [6.45, 7) is 2.13. The Morgan fingerprint density at radius 1 is 1.38 bits per heavy atom. The maximum atomic E-state index is 13.8. The lowest BCUT2D eigenvalue weighted by molar-refractivity contribution is -0.0376. The van der Waals surface area contributed by atoms with Crippen molar-refractivity contribution in [2.75, 3.05) is 25.4 Å². The molecule has 1 saturated heterocycles. The number of nitrogens with zero attached hydrogens (tertiary/aromatic N) is 5. The number of fused-ring (bicyclic) bond motifs is 1. The second-order valence-electron chi connectivity index (χ2n) is 5.59. The van der Waals surface area contributed by atoms with Crippen LogP contribution in [-0.4, -0.2) is 49.5 Å². The molecule has 0 amide bonds. The Morgan fingerprint density at radius 3 is 3.17 bits per heavy atom. The van der Waals surface area contributed by atoms with Crippen LogP contribution in [0.4, 0.5) is 10.2 Å². The highest BCUT2D eigenvalue weighted by atomic mass is 19.1. The fourth-order valence-corrected chi connectivity index (χ4v) is 2.77. The van der Waals surface area contributed by atoms with Crippen LogP contribution in [0.2, 0.25) is 0 Å². The van der Waals surface area contributed by atoms with Crippen molar-refractivity contribution in [2.24, 2.45) is 0 Å². The maximum absolute atomic E-state index is 13.8. The van der Waals surface area contributed by atoms with Crippen molar-refractivity contribution in [1.29, 1.82) is 0 Å². The molecule has 0 bridgehead atoms. The Bertz CT molecular complexity index is 868. The quantitative estimate of drug-likeness (QED) is 0.739. The van der Waals surface area contributed by atoms with Gasteiger partial charge in [0.25, 0.3) is 0 Å². The predicted molar refractivity (Wildman–Crippen MR) is 84.3 cm³/mol. The minimum atomic E-state index is -0.339. The van der Waals surface area contributed by atoms with Gasteiger partial charge in [-0.05, 0) is 12.1 Å². The number of anilines is 1. The monoisotopic (exact) mass is 329 g/mol. The lowest BCUT2D eigenvalue weighted by Crippen LogP contribution is -2.38. The minimum absolute atomic E-state index is 0.307. The maximum Gasteiger partial charge on any atom is 0.183 e. The molecular formula is C15H16FN7O. The first-order valence-corrected chi connectivity index (χ1v) is 7.60. The van der Waals surface area contributed by atoms with E-state index in [0.29, 0.717) is 54.7 Å². The second kappa shape index (κ2) is 6.10. The Hall–Kier alpha value is -2.65. The number of morpholine rings is 1. The molecule has 0 aliphatic carbocycles. The summed E-state index contributed by atoms with van der Waals surface area (Å²) in [4.78, 5) is 21.9. The van der Waals surface area contributed by atoms with E-state index < -0.39 is 0 Å². The number of hydrogen-bond acceptors (Lipinski definition) is 7. The highest BCUT2D eigenvalue weighted by molar-refractivity contribution is 5.80. The van der Waals surface area contributed by atoms with Crippen LogP contribution in [0.15, 0.2) is 24.7 Å². The third-order valence-corrected chi connectivity index (χ3v) is 3.98. The van der Waals surface area contributed by atoms with Gasteiger partial charge in [0.1, 0.15) is 17.4 Å². The van der Waals surface area contributed by atoms with Gasteiger partial charge in [0.15, 0.2) is 17.3 Å². The summed E-state index contributed by atoms with van der Waals surface area (Å²) in [5.41, 5.74) is 7.47. The smallest absolute Gasteiger partial charge is 0.183 e. The van der Waals surface area contributed by atoms with Crippen molar-refractivity contribution in [3.05, 3.63) is 42.0 Å². The van der Waals surface area contributed by atoms with E-state index in [4.69, 9.17) is 10.5 Å². The number of aromatic amines is 1. The molecule has 1 aliphatic heterocycles. The van der Waals surface area contributed by atoms with Crippen LogP contribution in [0.5, 0.6) is 0 Å². The Morgan fingerprint density at radius 2 is 2.29 bits per heavy atom. The van der Waals surface area contributed by atoms with Crippen molar-refractivity contribution in [2.45, 2.75) is 12.6 Å². The van der Waals surface area contributed by atoms with E-state index in [1.807, 2.05) is 0 Å². The molecule has 1 atom stereocenters. The largest absolute Gasteiger partial charge is 0.382 e. The van der Waals surface area contributed by atoms with Crippen LogP contribution in [-0.2, 0) is 11.3 Å². The average Bonchev–Trinajstić information content (AvgIpc) is 3.06. The predicted octanol–water partition coefficient (Wildman–Crippen LogP) is 1.04. The lowest BCUT2D eigenvalue weighted by atomic mass is 10.2. The fourth-order valence-electron chi connectivity index (χ4n) is 2.77. The Kier molecular flexibility index (Phi) is 3.79. The molecule has 4 rings (SSSR count). The van der Waals surface area contributed by atoms with Gasteiger partial charge in [-0.2, -0.15) is 0 Å². The van der Waals surface area contributed by atoms with Crippen LogP contribution < -0.4 is 5.73 Å². The van der Waals surface area contributed by atoms with Crippen molar-refractivity contribution in [3.63, 3.8) is 0 Å². The van der Waals surface area contributed by atoms with Gasteiger partial charge < -0.3 is 15.5 Å². The summed E-state index contributed by atoms with van der Waals surface area (Å²) in [5, 5.41) is 0. The van der Waals surface area contributed by atoms with Crippen molar-refractivity contribution in [3.8, 4) is 0 Å². The molecule has 1 unspecified atom stereocenters. The van der Waals surface area contributed by atoms with Gasteiger partial charge in [-0.3, -0.25) is 9.88 Å². The molecule has 0 aromatic carbocycles. The first kappa shape index (κ1) is 14.9. The van der Waals surface area contributed by atoms with E-state index in [9.17, 15) is 4.39 Å². The highest BCUT2D eigenvalue weighted by Crippen LogP contribution is 2.23. The van der Waals surface area contributed by atoms with Gasteiger partial charge in [0.2, 0.25) is 0 Å². The second-order valence-corrected chi connectivity index (χ2v) is 5.59. The molecule has 124 valence electrons. The van der Waals surface area contributed by atoms with Crippen LogP contribution in [0, 0.1) is 5.82 Å². The van der Waals surface area contributed by atoms with Crippen molar-refractivity contribution < 1.29 is 9.13 Å². The van der Waals surface area contributed by atoms with Gasteiger partial charge in [0.05, 0.1) is 18.6 Å². The van der Waals surface area contributed by atoms with Gasteiger partial charge in [-0.1, -0.05) is 0 Å². The normalized spacial score (nSPS) is 19.0. The highest BCUT2D eigenvalue weighted by Gasteiger charge is 2.26. The molecule has 4 heterocycles. The number of pyridine rings is 1. The van der Waals surface area contributed by atoms with Gasteiger partial charge in [-0.25, -0.2) is 19.3 Å². The van der Waals surface area contributed by atoms with E-state index >= 15 is 0 Å². The molecule has 9 heteroatoms. The first-order chi connectivity index (χ1) is 11.7. The summed E-state index contributed by atoms with van der Waals surface area (Å²) >= 11 is 0. The molecule has 0 saturated carbocycles. The standard InChI is InChI=1S/C15H16FN7O/c16-9-2-1-3-18-10(9)6-23-4-5-24-11(7-23)14-21-13(17)12-15(22-14)20-8-19-12/h1-3,8,11H,4-7H2,(H3,17,19,20,21,22). The van der Waals surface area contributed by atoms with Crippen LogP contribution in [0.25, 0.3) is 11.2 Å². The van der Waals surface area contributed by atoms with Crippen LogP contribution >= 0.6 is 0 Å². The van der Waals surface area contributed by atoms with E-state index in [0.717, 1.165) is 0 Å². The Labute approximate surface area is 136 Å². The molecule has 0 radical (unpaired) electrons. The minimum Gasteiger partial charge on any atom is -0.382 e. The van der Waals surface area contributed by atoms with Crippen LogP contribution in [0.3, 0.4) is 0 Å². The zero-order valence-corrected chi connectivity index (χ0v) is 12.8. The molecule has 8 nitrogen and oxygen atoms in total. The summed E-state index contributed by atoms with van der Waals surface area (Å²) in [7, 11) is 0. The van der Waals surface area contributed by atoms with Crippen molar-refractivity contribution >= 4 is 17.0 Å². The summed E-state index contributed by atoms with van der Waals surface area (Å²) in [6.07, 6.45) is 2.78. The zero-order valence-electron chi connectivity index (χ0n) is 12.8. The third-order valence-electron chi connectivity index (χ3n) is 3.98.